The highest BCUT2D eigenvalue weighted by molar-refractivity contribution is 5.85. The fourth-order valence-electron chi connectivity index (χ4n) is 2.03. The zero-order valence-corrected chi connectivity index (χ0v) is 10.7. The molecule has 0 spiro atoms. The molecule has 0 N–H and O–H groups in total. The Bertz CT molecular complexity index is 221. The highest BCUT2D eigenvalue weighted by Gasteiger charge is 2.26. The maximum absolute atomic E-state index is 12.0. The summed E-state index contributed by atoms with van der Waals surface area (Å²) in [5.41, 5.74) is 0. The standard InChI is InChI=1S/C12H24N2O2/c1-4-8-16-10-12(15)11-9-13(2)6-5-7-14(11)3/h11H,4-10H2,1-3H3. The smallest absolute Gasteiger partial charge is 0.176 e. The van der Waals surface area contributed by atoms with Crippen LogP contribution in [0.2, 0.25) is 0 Å². The number of hydrogen-bond donors (Lipinski definition) is 0. The van der Waals surface area contributed by atoms with Crippen LogP contribution >= 0.6 is 0 Å². The van der Waals surface area contributed by atoms with Gasteiger partial charge in [0.1, 0.15) is 6.61 Å². The van der Waals surface area contributed by atoms with Crippen molar-refractivity contribution >= 4 is 5.78 Å². The fraction of sp³-hybridized carbons (Fsp3) is 0.917. The Balaban J connectivity index is 2.44. The van der Waals surface area contributed by atoms with Crippen molar-refractivity contribution in [3.63, 3.8) is 0 Å². The quantitative estimate of drug-likeness (QED) is 0.646. The molecule has 1 aliphatic rings. The van der Waals surface area contributed by atoms with E-state index in [0.717, 1.165) is 32.5 Å². The Kier molecular flexibility index (Phi) is 5.95. The van der Waals surface area contributed by atoms with Crippen LogP contribution in [0.15, 0.2) is 0 Å². The summed E-state index contributed by atoms with van der Waals surface area (Å²) in [6.07, 6.45) is 2.10. The molecule has 1 heterocycles. The molecular weight excluding hydrogens is 204 g/mol. The van der Waals surface area contributed by atoms with Gasteiger partial charge < -0.3 is 9.64 Å². The Morgan fingerprint density at radius 1 is 1.38 bits per heavy atom. The molecule has 0 amide bonds. The summed E-state index contributed by atoms with van der Waals surface area (Å²) in [5.74, 6) is 0.213. The van der Waals surface area contributed by atoms with Gasteiger partial charge in [0.05, 0.1) is 6.04 Å². The first kappa shape index (κ1) is 13.6. The molecule has 4 nitrogen and oxygen atoms in total. The number of carbonyl (C=O) groups is 1. The molecule has 0 aliphatic carbocycles. The van der Waals surface area contributed by atoms with E-state index < -0.39 is 0 Å². The van der Waals surface area contributed by atoms with E-state index in [2.05, 4.69) is 23.8 Å². The van der Waals surface area contributed by atoms with Crippen LogP contribution in [-0.2, 0) is 9.53 Å². The number of ketones is 1. The number of rotatable bonds is 5. The SMILES string of the molecule is CCCOCC(=O)C1CN(C)CCCN1C. The second-order valence-electron chi connectivity index (χ2n) is 4.63. The lowest BCUT2D eigenvalue weighted by molar-refractivity contribution is -0.128. The van der Waals surface area contributed by atoms with Gasteiger partial charge in [-0.2, -0.15) is 0 Å². The van der Waals surface area contributed by atoms with Crippen molar-refractivity contribution in [2.45, 2.75) is 25.8 Å². The molecule has 0 bridgehead atoms. The average Bonchev–Trinajstić information content (AvgIpc) is 2.41. The molecule has 4 heteroatoms. The number of hydrogen-bond acceptors (Lipinski definition) is 4. The summed E-state index contributed by atoms with van der Waals surface area (Å²) in [4.78, 5) is 16.4. The second kappa shape index (κ2) is 6.99. The molecule has 1 rings (SSSR count). The Morgan fingerprint density at radius 2 is 2.12 bits per heavy atom. The first-order chi connectivity index (χ1) is 7.65. The molecule has 1 aliphatic heterocycles. The van der Waals surface area contributed by atoms with Gasteiger partial charge in [-0.15, -0.1) is 0 Å². The lowest BCUT2D eigenvalue weighted by Crippen LogP contribution is -2.45. The Hall–Kier alpha value is -0.450. The van der Waals surface area contributed by atoms with E-state index in [-0.39, 0.29) is 18.4 Å². The average molecular weight is 228 g/mol. The summed E-state index contributed by atoms with van der Waals surface area (Å²) < 4.78 is 5.33. The molecule has 1 atom stereocenters. The van der Waals surface area contributed by atoms with Gasteiger partial charge >= 0.3 is 0 Å². The summed E-state index contributed by atoms with van der Waals surface area (Å²) in [5, 5.41) is 0. The summed E-state index contributed by atoms with van der Waals surface area (Å²) in [7, 11) is 4.11. The largest absolute Gasteiger partial charge is 0.374 e. The monoisotopic (exact) mass is 228 g/mol. The van der Waals surface area contributed by atoms with Crippen molar-refractivity contribution in [2.75, 3.05) is 46.9 Å². The van der Waals surface area contributed by atoms with E-state index in [1.54, 1.807) is 0 Å². The van der Waals surface area contributed by atoms with Crippen molar-refractivity contribution in [1.29, 1.82) is 0 Å². The number of nitrogens with zero attached hydrogens (tertiary/aromatic N) is 2. The molecule has 0 saturated carbocycles. The summed E-state index contributed by atoms with van der Waals surface area (Å²) in [6.45, 7) is 5.88. The van der Waals surface area contributed by atoms with Crippen LogP contribution in [0.5, 0.6) is 0 Å². The molecule has 94 valence electrons. The van der Waals surface area contributed by atoms with Gasteiger partial charge in [-0.1, -0.05) is 6.92 Å². The molecule has 0 aromatic heterocycles. The summed E-state index contributed by atoms with van der Waals surface area (Å²) >= 11 is 0. The van der Waals surface area contributed by atoms with Gasteiger partial charge in [0.2, 0.25) is 0 Å². The van der Waals surface area contributed by atoms with Crippen LogP contribution in [0.4, 0.5) is 0 Å². The second-order valence-corrected chi connectivity index (χ2v) is 4.63. The van der Waals surface area contributed by atoms with Crippen molar-refractivity contribution in [2.24, 2.45) is 0 Å². The number of carbonyl (C=O) groups excluding carboxylic acids is 1. The third-order valence-corrected chi connectivity index (χ3v) is 3.03. The Morgan fingerprint density at radius 3 is 2.81 bits per heavy atom. The van der Waals surface area contributed by atoms with Gasteiger partial charge in [0.25, 0.3) is 0 Å². The minimum Gasteiger partial charge on any atom is -0.374 e. The van der Waals surface area contributed by atoms with Gasteiger partial charge in [-0.3, -0.25) is 9.69 Å². The fourth-order valence-corrected chi connectivity index (χ4v) is 2.03. The summed E-state index contributed by atoms with van der Waals surface area (Å²) in [6, 6.07) is 0.00403. The molecule has 0 aromatic carbocycles. The van der Waals surface area contributed by atoms with E-state index >= 15 is 0 Å². The van der Waals surface area contributed by atoms with Gasteiger partial charge in [-0.05, 0) is 40.0 Å². The number of Topliss-reactive ketones (excluding diaryl/α,β-unsaturated/α-hetero) is 1. The maximum Gasteiger partial charge on any atom is 0.176 e. The molecule has 16 heavy (non-hydrogen) atoms. The molecule has 0 radical (unpaired) electrons. The van der Waals surface area contributed by atoms with Crippen molar-refractivity contribution in [3.8, 4) is 0 Å². The minimum absolute atomic E-state index is 0.00403. The lowest BCUT2D eigenvalue weighted by Gasteiger charge is -2.25. The van der Waals surface area contributed by atoms with Crippen LogP contribution in [0.25, 0.3) is 0 Å². The predicted octanol–water partition coefficient (Wildman–Crippen LogP) is 0.618. The van der Waals surface area contributed by atoms with Crippen molar-refractivity contribution < 1.29 is 9.53 Å². The molecule has 1 saturated heterocycles. The van der Waals surface area contributed by atoms with Crippen LogP contribution < -0.4 is 0 Å². The van der Waals surface area contributed by atoms with Gasteiger partial charge in [0, 0.05) is 13.2 Å². The topological polar surface area (TPSA) is 32.8 Å². The van der Waals surface area contributed by atoms with Crippen molar-refractivity contribution in [1.82, 2.24) is 9.80 Å². The zero-order valence-electron chi connectivity index (χ0n) is 10.7. The van der Waals surface area contributed by atoms with E-state index in [0.29, 0.717) is 6.61 Å². The van der Waals surface area contributed by atoms with Crippen LogP contribution in [0.3, 0.4) is 0 Å². The first-order valence-corrected chi connectivity index (χ1v) is 6.14. The molecule has 1 fully saturated rings. The molecular formula is C12H24N2O2. The Labute approximate surface area is 98.5 Å². The van der Waals surface area contributed by atoms with Gasteiger partial charge in [0.15, 0.2) is 5.78 Å². The van der Waals surface area contributed by atoms with Crippen LogP contribution in [0, 0.1) is 0 Å². The van der Waals surface area contributed by atoms with E-state index in [4.69, 9.17) is 4.74 Å². The van der Waals surface area contributed by atoms with E-state index in [1.165, 1.54) is 0 Å². The number of likely N-dealkylation sites (N-methyl/N-ethyl adjacent to an activating group) is 2. The van der Waals surface area contributed by atoms with Gasteiger partial charge in [-0.25, -0.2) is 0 Å². The highest BCUT2D eigenvalue weighted by atomic mass is 16.5. The molecule has 1 unspecified atom stereocenters. The first-order valence-electron chi connectivity index (χ1n) is 6.14. The maximum atomic E-state index is 12.0. The van der Waals surface area contributed by atoms with E-state index in [1.807, 2.05) is 7.05 Å². The highest BCUT2D eigenvalue weighted by Crippen LogP contribution is 2.07. The lowest BCUT2D eigenvalue weighted by atomic mass is 10.1. The van der Waals surface area contributed by atoms with Crippen LogP contribution in [-0.4, -0.2) is 68.6 Å². The predicted molar refractivity (Wildman–Crippen MR) is 64.6 cm³/mol. The number of ether oxygens (including phenoxy) is 1. The van der Waals surface area contributed by atoms with Crippen LogP contribution in [0.1, 0.15) is 19.8 Å². The minimum atomic E-state index is 0.00403. The van der Waals surface area contributed by atoms with E-state index in [9.17, 15) is 4.79 Å². The third-order valence-electron chi connectivity index (χ3n) is 3.03. The third kappa shape index (κ3) is 4.20. The van der Waals surface area contributed by atoms with Crippen molar-refractivity contribution in [3.05, 3.63) is 0 Å². The molecule has 0 aromatic rings. The zero-order chi connectivity index (χ0) is 12.0. The normalized spacial score (nSPS) is 24.3.